The van der Waals surface area contributed by atoms with Crippen molar-refractivity contribution in [2.24, 2.45) is 4.99 Å². The molecule has 0 unspecified atom stereocenters. The number of halogens is 1. The third-order valence-corrected chi connectivity index (χ3v) is 3.38. The minimum atomic E-state index is -4.94. The predicted molar refractivity (Wildman–Crippen MR) is 68.4 cm³/mol. The van der Waals surface area contributed by atoms with Gasteiger partial charge in [0, 0.05) is 30.7 Å². The third-order valence-electron chi connectivity index (χ3n) is 3.38. The standard InChI is InChI=1S/C13H20N2O.ClHO4/c16-13(14-11-7-3-1-4-8-11)15-12-9-5-2-6-10-12;2-1(3,4)5/h1-10H2;(H,2,3,4,5). The van der Waals surface area contributed by atoms with Crippen molar-refractivity contribution in [2.75, 3.05) is 0 Å². The number of rotatable bonds is 0. The van der Waals surface area contributed by atoms with Crippen LogP contribution in [-0.4, -0.2) is 22.6 Å². The molecule has 7 nitrogen and oxygen atoms in total. The van der Waals surface area contributed by atoms with Gasteiger partial charge in [0.15, 0.2) is 5.71 Å². The van der Waals surface area contributed by atoms with Gasteiger partial charge in [0.2, 0.25) is 0 Å². The Morgan fingerprint density at radius 3 is 1.76 bits per heavy atom. The molecule has 120 valence electrons. The molecule has 21 heavy (non-hydrogen) atoms. The van der Waals surface area contributed by atoms with Gasteiger partial charge in [-0.25, -0.2) is 18.6 Å². The van der Waals surface area contributed by atoms with Crippen molar-refractivity contribution < 1.29 is 34.0 Å². The maximum absolute atomic E-state index is 9.70. The second-order valence-electron chi connectivity index (χ2n) is 5.16. The van der Waals surface area contributed by atoms with Gasteiger partial charge in [0.05, 0.1) is 0 Å². The first-order chi connectivity index (χ1) is 9.84. The predicted octanol–water partition coefficient (Wildman–Crippen LogP) is -1.98. The van der Waals surface area contributed by atoms with E-state index < -0.39 is 10.2 Å². The van der Waals surface area contributed by atoms with Crippen LogP contribution in [0.3, 0.4) is 0 Å². The van der Waals surface area contributed by atoms with Crippen molar-refractivity contribution in [3.05, 3.63) is 0 Å². The first-order valence-corrected chi connectivity index (χ1v) is 8.38. The fourth-order valence-electron chi connectivity index (χ4n) is 2.45. The summed E-state index contributed by atoms with van der Waals surface area (Å²) >= 11 is 0. The Morgan fingerprint density at radius 1 is 0.857 bits per heavy atom. The van der Waals surface area contributed by atoms with Gasteiger partial charge in [-0.1, -0.05) is 12.8 Å². The van der Waals surface area contributed by atoms with Gasteiger partial charge < -0.3 is 5.11 Å². The maximum atomic E-state index is 9.70. The highest BCUT2D eigenvalue weighted by molar-refractivity contribution is 5.96. The molecule has 0 aromatic heterocycles. The first kappa shape index (κ1) is 18.1. The van der Waals surface area contributed by atoms with Crippen LogP contribution < -0.4 is 23.3 Å². The summed E-state index contributed by atoms with van der Waals surface area (Å²) in [6.07, 6.45) is 11.6. The maximum Gasteiger partial charge on any atom is 0.594 e. The van der Waals surface area contributed by atoms with E-state index in [-0.39, 0.29) is 6.02 Å². The van der Waals surface area contributed by atoms with E-state index in [0.29, 0.717) is 0 Å². The Labute approximate surface area is 126 Å². The monoisotopic (exact) mass is 320 g/mol. The van der Waals surface area contributed by atoms with Crippen LogP contribution in [-0.2, 0) is 0 Å². The number of nitrogens with zero attached hydrogens (tertiary/aromatic N) is 2. The average molecular weight is 321 g/mol. The van der Waals surface area contributed by atoms with Crippen LogP contribution in [0.4, 0.5) is 0 Å². The number of aliphatic imine (C=N–C) groups is 1. The minimum Gasteiger partial charge on any atom is -0.431 e. The fraction of sp³-hybridized carbons (Fsp3) is 0.769. The second-order valence-corrected chi connectivity index (χ2v) is 5.91. The SMILES string of the molecule is OC(N=C1CCCCC1)=[N+]=C1CCCCC1.[O-][Cl+3]([O-])([O-])[O-]. The molecule has 0 aromatic carbocycles. The van der Waals surface area contributed by atoms with Gasteiger partial charge in [0.1, 0.15) is 5.71 Å². The zero-order valence-corrected chi connectivity index (χ0v) is 12.7. The van der Waals surface area contributed by atoms with Crippen LogP contribution in [0.5, 0.6) is 0 Å². The lowest BCUT2D eigenvalue weighted by Crippen LogP contribution is -2.68. The Balaban J connectivity index is 0.000000383. The normalized spacial score (nSPS) is 19.2. The lowest BCUT2D eigenvalue weighted by Gasteiger charge is -2.17. The van der Waals surface area contributed by atoms with Crippen molar-refractivity contribution in [1.29, 1.82) is 0 Å². The van der Waals surface area contributed by atoms with Crippen molar-refractivity contribution >= 4 is 17.4 Å². The number of hydrogen-bond donors (Lipinski definition) is 1. The molecule has 2 fully saturated rings. The molecule has 0 aromatic rings. The molecule has 0 atom stereocenters. The van der Waals surface area contributed by atoms with E-state index in [2.05, 4.69) is 9.66 Å². The summed E-state index contributed by atoms with van der Waals surface area (Å²) in [5.74, 6) is 0. The van der Waals surface area contributed by atoms with Gasteiger partial charge in [-0.15, -0.1) is 10.2 Å². The van der Waals surface area contributed by atoms with Crippen LogP contribution >= 0.6 is 0 Å². The minimum absolute atomic E-state index is 0.00574. The van der Waals surface area contributed by atoms with Crippen LogP contribution in [0.1, 0.15) is 64.2 Å². The van der Waals surface area contributed by atoms with E-state index in [1.165, 1.54) is 38.5 Å². The Bertz CT molecular complexity index is 403. The van der Waals surface area contributed by atoms with Crippen molar-refractivity contribution in [3.8, 4) is 0 Å². The van der Waals surface area contributed by atoms with Crippen molar-refractivity contribution in [2.45, 2.75) is 64.2 Å². The summed E-state index contributed by atoms with van der Waals surface area (Å²) in [5.41, 5.74) is 2.26. The molecule has 0 aliphatic heterocycles. The highest BCUT2D eigenvalue weighted by Gasteiger charge is 2.17. The molecule has 0 radical (unpaired) electrons. The van der Waals surface area contributed by atoms with Crippen LogP contribution in [0, 0.1) is 10.2 Å². The topological polar surface area (TPSA) is 139 Å². The summed E-state index contributed by atoms with van der Waals surface area (Å²) in [4.78, 5) is 4.23. The van der Waals surface area contributed by atoms with E-state index in [4.69, 9.17) is 18.6 Å². The first-order valence-electron chi connectivity index (χ1n) is 7.15. The van der Waals surface area contributed by atoms with Crippen molar-refractivity contribution in [1.82, 2.24) is 4.67 Å². The molecule has 0 bridgehead atoms. The molecular formula is C13H21ClN2O5. The van der Waals surface area contributed by atoms with Gasteiger partial charge >= 0.3 is 6.02 Å². The molecule has 2 aliphatic carbocycles. The summed E-state index contributed by atoms with van der Waals surface area (Å²) in [7, 11) is -4.94. The highest BCUT2D eigenvalue weighted by atomic mass is 35.7. The van der Waals surface area contributed by atoms with E-state index in [1.807, 2.05) is 0 Å². The zero-order chi connectivity index (χ0) is 15.7. The smallest absolute Gasteiger partial charge is 0.431 e. The average Bonchev–Trinajstić information content (AvgIpc) is 2.39. The lowest BCUT2D eigenvalue weighted by molar-refractivity contribution is -2.00. The molecule has 0 spiro atoms. The van der Waals surface area contributed by atoms with Crippen LogP contribution in [0.25, 0.3) is 0 Å². The summed E-state index contributed by atoms with van der Waals surface area (Å²) in [5, 5.41) is 9.70. The van der Waals surface area contributed by atoms with Crippen molar-refractivity contribution in [3.63, 3.8) is 0 Å². The van der Waals surface area contributed by atoms with Gasteiger partial charge in [-0.2, -0.15) is 4.67 Å². The van der Waals surface area contributed by atoms with Gasteiger partial charge in [-0.3, -0.25) is 0 Å². The Kier molecular flexibility index (Phi) is 7.88. The van der Waals surface area contributed by atoms with Crippen LogP contribution in [0.2, 0.25) is 0 Å². The molecular weight excluding hydrogens is 300 g/mol. The van der Waals surface area contributed by atoms with E-state index in [9.17, 15) is 5.11 Å². The number of aliphatic hydroxyl groups excluding tert-OH is 1. The molecule has 8 heteroatoms. The molecule has 0 amide bonds. The van der Waals surface area contributed by atoms with Crippen LogP contribution in [0.15, 0.2) is 4.99 Å². The lowest BCUT2D eigenvalue weighted by atomic mass is 9.98. The van der Waals surface area contributed by atoms with E-state index in [1.54, 1.807) is 0 Å². The second kappa shape index (κ2) is 9.15. The van der Waals surface area contributed by atoms with Gasteiger partial charge in [-0.05, 0) is 25.7 Å². The fourth-order valence-corrected chi connectivity index (χ4v) is 2.45. The Hall–Kier alpha value is -0.950. The summed E-state index contributed by atoms with van der Waals surface area (Å²) in [6, 6.07) is -0.00574. The largest absolute Gasteiger partial charge is 0.594 e. The number of aliphatic hydroxyl groups is 1. The summed E-state index contributed by atoms with van der Waals surface area (Å²) in [6.45, 7) is 0. The van der Waals surface area contributed by atoms with E-state index in [0.717, 1.165) is 37.1 Å². The van der Waals surface area contributed by atoms with E-state index >= 15 is 0 Å². The molecule has 2 rings (SSSR count). The molecule has 1 N–H and O–H groups in total. The van der Waals surface area contributed by atoms with Gasteiger partial charge in [0.25, 0.3) is 0 Å². The highest BCUT2D eigenvalue weighted by Crippen LogP contribution is 2.15. The summed E-state index contributed by atoms with van der Waals surface area (Å²) < 4.78 is 38.2. The molecule has 0 heterocycles. The zero-order valence-electron chi connectivity index (χ0n) is 11.9. The number of amidine groups is 1. The third kappa shape index (κ3) is 10.4. The number of hydrogen-bond acceptors (Lipinski definition) is 4. The molecule has 2 saturated carbocycles. The Morgan fingerprint density at radius 2 is 1.29 bits per heavy atom. The molecule has 0 saturated heterocycles. The molecule has 2 aliphatic rings. The quantitative estimate of drug-likeness (QED) is 0.313.